The Labute approximate surface area is 136 Å². The van der Waals surface area contributed by atoms with Crippen LogP contribution in [0.1, 0.15) is 18.5 Å². The molecule has 126 valence electrons. The summed E-state index contributed by atoms with van der Waals surface area (Å²) in [7, 11) is 0. The number of morpholine rings is 1. The van der Waals surface area contributed by atoms with Gasteiger partial charge in [0.25, 0.3) is 0 Å². The van der Waals surface area contributed by atoms with Crippen LogP contribution in [-0.4, -0.2) is 56.5 Å². The second-order valence-electron chi connectivity index (χ2n) is 5.80. The van der Waals surface area contributed by atoms with Gasteiger partial charge in [-0.2, -0.15) is 0 Å². The molecule has 0 spiro atoms. The summed E-state index contributed by atoms with van der Waals surface area (Å²) >= 11 is 0. The minimum atomic E-state index is 0.256. The molecule has 0 amide bonds. The first-order valence-electron chi connectivity index (χ1n) is 8.25. The third-order valence-corrected chi connectivity index (χ3v) is 4.07. The fourth-order valence-corrected chi connectivity index (χ4v) is 2.77. The summed E-state index contributed by atoms with van der Waals surface area (Å²) in [5.74, 6) is 1.42. The van der Waals surface area contributed by atoms with Crippen LogP contribution in [0.2, 0.25) is 0 Å². The van der Waals surface area contributed by atoms with Crippen molar-refractivity contribution < 1.29 is 9.47 Å². The minimum Gasteiger partial charge on any atom is -0.378 e. The normalized spacial score (nSPS) is 22.3. The number of rotatable bonds is 5. The largest absolute Gasteiger partial charge is 0.378 e. The summed E-state index contributed by atoms with van der Waals surface area (Å²) in [6.07, 6.45) is 2.47. The Kier molecular flexibility index (Phi) is 5.65. The molecule has 1 atom stereocenters. The zero-order valence-electron chi connectivity index (χ0n) is 13.4. The van der Waals surface area contributed by atoms with Gasteiger partial charge in [0.05, 0.1) is 31.6 Å². The van der Waals surface area contributed by atoms with Crippen LogP contribution in [0.25, 0.3) is 0 Å². The standard InChI is InChI=1S/C16H25N5O2/c17-16(19-12-14-4-2-8-23-14)18-11-13-3-1-5-15(20-13)21-6-9-22-10-7-21/h1,3,5,14H,2,4,6-12H2,(H3,17,18,19). The molecule has 1 aromatic heterocycles. The Balaban J connectivity index is 1.51. The Bertz CT molecular complexity index is 525. The van der Waals surface area contributed by atoms with Crippen molar-refractivity contribution in [3.05, 3.63) is 23.9 Å². The van der Waals surface area contributed by atoms with E-state index in [0.717, 1.165) is 63.8 Å². The zero-order valence-corrected chi connectivity index (χ0v) is 13.4. The second kappa shape index (κ2) is 8.12. The summed E-state index contributed by atoms with van der Waals surface area (Å²) in [4.78, 5) is 11.3. The number of hydrogen-bond donors (Lipinski definition) is 2. The molecule has 2 fully saturated rings. The van der Waals surface area contributed by atoms with Gasteiger partial charge < -0.3 is 25.4 Å². The van der Waals surface area contributed by atoms with Crippen molar-refractivity contribution in [3.63, 3.8) is 0 Å². The molecule has 2 saturated heterocycles. The molecule has 3 N–H and O–H groups in total. The monoisotopic (exact) mass is 319 g/mol. The van der Waals surface area contributed by atoms with Crippen LogP contribution in [-0.2, 0) is 16.0 Å². The number of aliphatic imine (C=N–C) groups is 1. The van der Waals surface area contributed by atoms with Crippen LogP contribution >= 0.6 is 0 Å². The summed E-state index contributed by atoms with van der Waals surface area (Å²) < 4.78 is 10.9. The molecule has 0 aliphatic carbocycles. The molecule has 23 heavy (non-hydrogen) atoms. The average molecular weight is 319 g/mol. The summed E-state index contributed by atoms with van der Waals surface area (Å²) in [6.45, 7) is 5.31. The van der Waals surface area contributed by atoms with Gasteiger partial charge in [-0.3, -0.25) is 0 Å². The smallest absolute Gasteiger partial charge is 0.189 e. The van der Waals surface area contributed by atoms with Gasteiger partial charge in [0, 0.05) is 26.2 Å². The van der Waals surface area contributed by atoms with Gasteiger partial charge >= 0.3 is 0 Å². The fourth-order valence-electron chi connectivity index (χ4n) is 2.77. The van der Waals surface area contributed by atoms with Gasteiger partial charge in [0.2, 0.25) is 0 Å². The van der Waals surface area contributed by atoms with Crippen LogP contribution in [0.15, 0.2) is 23.2 Å². The number of guanidine groups is 1. The highest BCUT2D eigenvalue weighted by molar-refractivity contribution is 5.77. The van der Waals surface area contributed by atoms with Crippen LogP contribution < -0.4 is 16.0 Å². The number of aromatic nitrogens is 1. The topological polar surface area (TPSA) is 85.0 Å². The summed E-state index contributed by atoms with van der Waals surface area (Å²) in [5, 5.41) is 3.12. The lowest BCUT2D eigenvalue weighted by Crippen LogP contribution is -2.37. The molecule has 1 unspecified atom stereocenters. The molecule has 0 aromatic carbocycles. The summed E-state index contributed by atoms with van der Waals surface area (Å²) in [5.41, 5.74) is 6.82. The van der Waals surface area contributed by atoms with E-state index in [1.54, 1.807) is 0 Å². The van der Waals surface area contributed by atoms with Gasteiger partial charge in [-0.1, -0.05) is 6.07 Å². The molecule has 3 rings (SSSR count). The molecular weight excluding hydrogens is 294 g/mol. The van der Waals surface area contributed by atoms with E-state index in [4.69, 9.17) is 15.2 Å². The first-order valence-corrected chi connectivity index (χ1v) is 8.25. The number of pyridine rings is 1. The third kappa shape index (κ3) is 4.80. The first-order chi connectivity index (χ1) is 11.3. The van der Waals surface area contributed by atoms with Crippen molar-refractivity contribution in [2.75, 3.05) is 44.4 Å². The number of hydrogen-bond acceptors (Lipinski definition) is 5. The van der Waals surface area contributed by atoms with E-state index < -0.39 is 0 Å². The quantitative estimate of drug-likeness (QED) is 0.607. The molecule has 2 aliphatic rings. The van der Waals surface area contributed by atoms with Crippen LogP contribution in [0, 0.1) is 0 Å². The van der Waals surface area contributed by atoms with Gasteiger partial charge in [0.1, 0.15) is 5.82 Å². The molecule has 2 aliphatic heterocycles. The van der Waals surface area contributed by atoms with Gasteiger partial charge in [0.15, 0.2) is 5.96 Å². The highest BCUT2D eigenvalue weighted by Gasteiger charge is 2.15. The van der Waals surface area contributed by atoms with Crippen molar-refractivity contribution in [3.8, 4) is 0 Å². The van der Waals surface area contributed by atoms with E-state index in [0.29, 0.717) is 12.5 Å². The molecule has 0 radical (unpaired) electrons. The lowest BCUT2D eigenvalue weighted by Gasteiger charge is -2.27. The van der Waals surface area contributed by atoms with Crippen LogP contribution in [0.5, 0.6) is 0 Å². The number of ether oxygens (including phenoxy) is 2. The highest BCUT2D eigenvalue weighted by Crippen LogP contribution is 2.14. The maximum Gasteiger partial charge on any atom is 0.189 e. The van der Waals surface area contributed by atoms with E-state index in [1.807, 2.05) is 18.2 Å². The van der Waals surface area contributed by atoms with Crippen molar-refractivity contribution >= 4 is 11.8 Å². The lowest BCUT2D eigenvalue weighted by molar-refractivity contribution is 0.114. The predicted molar refractivity (Wildman–Crippen MR) is 89.6 cm³/mol. The van der Waals surface area contributed by atoms with E-state index in [1.165, 1.54) is 0 Å². The molecule has 0 saturated carbocycles. The number of nitrogens with two attached hydrogens (primary N) is 1. The Morgan fingerprint density at radius 2 is 2.22 bits per heavy atom. The maximum atomic E-state index is 5.91. The second-order valence-corrected chi connectivity index (χ2v) is 5.80. The average Bonchev–Trinajstić information content (AvgIpc) is 3.13. The van der Waals surface area contributed by atoms with Crippen LogP contribution in [0.3, 0.4) is 0 Å². The van der Waals surface area contributed by atoms with Crippen molar-refractivity contribution in [1.29, 1.82) is 0 Å². The minimum absolute atomic E-state index is 0.256. The molecule has 1 aromatic rings. The Hall–Kier alpha value is -1.86. The molecular formula is C16H25N5O2. The molecule has 3 heterocycles. The summed E-state index contributed by atoms with van der Waals surface area (Å²) in [6, 6.07) is 6.01. The third-order valence-electron chi connectivity index (χ3n) is 4.07. The van der Waals surface area contributed by atoms with Gasteiger partial charge in [-0.05, 0) is 25.0 Å². The SMILES string of the molecule is NC(=NCc1cccc(N2CCOCC2)n1)NCC1CCCO1. The van der Waals surface area contributed by atoms with Crippen molar-refractivity contribution in [1.82, 2.24) is 10.3 Å². The molecule has 7 nitrogen and oxygen atoms in total. The predicted octanol–water partition coefficient (Wildman–Crippen LogP) is 0.502. The number of nitrogens with one attached hydrogen (secondary N) is 1. The van der Waals surface area contributed by atoms with E-state index >= 15 is 0 Å². The number of nitrogens with zero attached hydrogens (tertiary/aromatic N) is 3. The molecule has 7 heteroatoms. The Morgan fingerprint density at radius 1 is 1.35 bits per heavy atom. The van der Waals surface area contributed by atoms with Gasteiger partial charge in [-0.25, -0.2) is 9.98 Å². The van der Waals surface area contributed by atoms with Crippen LogP contribution in [0.4, 0.5) is 5.82 Å². The Morgan fingerprint density at radius 3 is 3.00 bits per heavy atom. The number of anilines is 1. The van der Waals surface area contributed by atoms with E-state index in [2.05, 4.69) is 20.2 Å². The zero-order chi connectivity index (χ0) is 15.9. The van der Waals surface area contributed by atoms with Crippen molar-refractivity contribution in [2.24, 2.45) is 10.7 Å². The first kappa shape index (κ1) is 16.0. The molecule has 0 bridgehead atoms. The van der Waals surface area contributed by atoms with Crippen molar-refractivity contribution in [2.45, 2.75) is 25.5 Å². The van der Waals surface area contributed by atoms with E-state index in [-0.39, 0.29) is 6.10 Å². The highest BCUT2D eigenvalue weighted by atomic mass is 16.5. The van der Waals surface area contributed by atoms with E-state index in [9.17, 15) is 0 Å². The van der Waals surface area contributed by atoms with Gasteiger partial charge in [-0.15, -0.1) is 0 Å². The fraction of sp³-hybridized carbons (Fsp3) is 0.625. The lowest BCUT2D eigenvalue weighted by atomic mass is 10.2. The maximum absolute atomic E-state index is 5.91.